The fourth-order valence-electron chi connectivity index (χ4n) is 2.67. The number of rotatable bonds is 3. The summed E-state index contributed by atoms with van der Waals surface area (Å²) in [6.07, 6.45) is 6.24. The molecule has 0 aromatic heterocycles. The van der Waals surface area contributed by atoms with Crippen LogP contribution in [0, 0.1) is 0 Å². The first-order valence-corrected chi connectivity index (χ1v) is 6.52. The third-order valence-corrected chi connectivity index (χ3v) is 3.82. The molecule has 0 aliphatic heterocycles. The molecule has 4 N–H and O–H groups in total. The van der Waals surface area contributed by atoms with Crippen LogP contribution in [0.1, 0.15) is 42.5 Å². The third kappa shape index (κ3) is 2.58. The van der Waals surface area contributed by atoms with Crippen LogP contribution in [0.15, 0.2) is 18.2 Å². The number of nitrogens with zero attached hydrogens (tertiary/aromatic N) is 1. The predicted molar refractivity (Wildman–Crippen MR) is 74.6 cm³/mol. The van der Waals surface area contributed by atoms with Gasteiger partial charge in [0, 0.05) is 18.7 Å². The van der Waals surface area contributed by atoms with Gasteiger partial charge in [-0.05, 0) is 31.0 Å². The lowest BCUT2D eigenvalue weighted by Gasteiger charge is -2.33. The van der Waals surface area contributed by atoms with Gasteiger partial charge in [-0.15, -0.1) is 0 Å². The van der Waals surface area contributed by atoms with Gasteiger partial charge in [-0.2, -0.15) is 0 Å². The Morgan fingerprint density at radius 2 is 1.94 bits per heavy atom. The lowest BCUT2D eigenvalue weighted by molar-refractivity contribution is 0.100. The molecule has 0 heterocycles. The minimum atomic E-state index is -0.409. The number of carbonyl (C=O) groups excluding carboxylic acids is 1. The first kappa shape index (κ1) is 12.7. The Balaban J connectivity index is 2.25. The van der Waals surface area contributed by atoms with E-state index in [0.29, 0.717) is 17.3 Å². The molecule has 0 bridgehead atoms. The van der Waals surface area contributed by atoms with E-state index in [1.807, 2.05) is 7.05 Å². The Hall–Kier alpha value is -1.71. The number of nitrogens with two attached hydrogens (primary N) is 2. The monoisotopic (exact) mass is 247 g/mol. The van der Waals surface area contributed by atoms with Crippen LogP contribution < -0.4 is 16.4 Å². The van der Waals surface area contributed by atoms with Gasteiger partial charge in [0.1, 0.15) is 0 Å². The van der Waals surface area contributed by atoms with Crippen LogP contribution in [0.2, 0.25) is 0 Å². The Morgan fingerprint density at radius 1 is 1.28 bits per heavy atom. The number of anilines is 2. The zero-order valence-corrected chi connectivity index (χ0v) is 10.9. The van der Waals surface area contributed by atoms with Crippen molar-refractivity contribution in [3.05, 3.63) is 23.8 Å². The van der Waals surface area contributed by atoms with Crippen molar-refractivity contribution in [3.8, 4) is 0 Å². The first-order valence-electron chi connectivity index (χ1n) is 6.52. The van der Waals surface area contributed by atoms with Crippen LogP contribution in [0.4, 0.5) is 11.4 Å². The summed E-state index contributed by atoms with van der Waals surface area (Å²) < 4.78 is 0. The highest BCUT2D eigenvalue weighted by molar-refractivity contribution is 5.95. The summed E-state index contributed by atoms with van der Waals surface area (Å²) in [6, 6.07) is 5.75. The van der Waals surface area contributed by atoms with Crippen molar-refractivity contribution in [2.24, 2.45) is 5.73 Å². The smallest absolute Gasteiger partial charge is 0.248 e. The maximum absolute atomic E-state index is 11.2. The maximum Gasteiger partial charge on any atom is 0.248 e. The van der Waals surface area contributed by atoms with E-state index in [0.717, 1.165) is 5.69 Å². The molecule has 2 rings (SSSR count). The summed E-state index contributed by atoms with van der Waals surface area (Å²) in [4.78, 5) is 13.4. The number of hydrogen-bond acceptors (Lipinski definition) is 3. The number of nitrogen functional groups attached to an aromatic ring is 1. The molecular formula is C14H21N3O. The van der Waals surface area contributed by atoms with Gasteiger partial charge in [0.2, 0.25) is 5.91 Å². The van der Waals surface area contributed by atoms with E-state index in [9.17, 15) is 4.79 Å². The van der Waals surface area contributed by atoms with Crippen LogP contribution in [0.25, 0.3) is 0 Å². The molecule has 1 amide bonds. The molecule has 0 spiro atoms. The average molecular weight is 247 g/mol. The van der Waals surface area contributed by atoms with Crippen LogP contribution in [0.3, 0.4) is 0 Å². The molecule has 4 heteroatoms. The lowest BCUT2D eigenvalue weighted by Crippen LogP contribution is -2.34. The molecule has 1 aliphatic rings. The van der Waals surface area contributed by atoms with Crippen molar-refractivity contribution >= 4 is 17.3 Å². The molecule has 1 aliphatic carbocycles. The van der Waals surface area contributed by atoms with E-state index in [4.69, 9.17) is 11.5 Å². The second-order valence-electron chi connectivity index (χ2n) is 5.04. The van der Waals surface area contributed by atoms with Crippen molar-refractivity contribution in [2.45, 2.75) is 38.1 Å². The van der Waals surface area contributed by atoms with Crippen LogP contribution in [-0.2, 0) is 0 Å². The Labute approximate surface area is 108 Å². The van der Waals surface area contributed by atoms with E-state index in [1.54, 1.807) is 18.2 Å². The summed E-state index contributed by atoms with van der Waals surface area (Å²) in [7, 11) is 2.05. The molecule has 1 aromatic rings. The maximum atomic E-state index is 11.2. The molecule has 1 saturated carbocycles. The van der Waals surface area contributed by atoms with Crippen molar-refractivity contribution in [1.29, 1.82) is 0 Å². The van der Waals surface area contributed by atoms with Gasteiger partial charge < -0.3 is 16.4 Å². The number of hydrogen-bond donors (Lipinski definition) is 2. The van der Waals surface area contributed by atoms with Crippen molar-refractivity contribution < 1.29 is 4.79 Å². The molecule has 1 fully saturated rings. The summed E-state index contributed by atoms with van der Waals surface area (Å²) in [5, 5.41) is 0. The molecule has 98 valence electrons. The SMILES string of the molecule is CN(c1cc(C(N)=O)ccc1N)C1CCCCC1. The van der Waals surface area contributed by atoms with Gasteiger partial charge >= 0.3 is 0 Å². The quantitative estimate of drug-likeness (QED) is 0.804. The predicted octanol–water partition coefficient (Wildman–Crippen LogP) is 2.14. The third-order valence-electron chi connectivity index (χ3n) is 3.82. The molecule has 0 saturated heterocycles. The Kier molecular flexibility index (Phi) is 3.75. The normalized spacial score (nSPS) is 16.5. The molecule has 0 unspecified atom stereocenters. The van der Waals surface area contributed by atoms with Crippen LogP contribution in [0.5, 0.6) is 0 Å². The topological polar surface area (TPSA) is 72.3 Å². The fraction of sp³-hybridized carbons (Fsp3) is 0.500. The van der Waals surface area contributed by atoms with Crippen molar-refractivity contribution in [1.82, 2.24) is 0 Å². The van der Waals surface area contributed by atoms with Gasteiger partial charge in [0.25, 0.3) is 0 Å². The van der Waals surface area contributed by atoms with E-state index in [1.165, 1.54) is 32.1 Å². The average Bonchev–Trinajstić information content (AvgIpc) is 2.39. The van der Waals surface area contributed by atoms with Gasteiger partial charge in [0.05, 0.1) is 11.4 Å². The van der Waals surface area contributed by atoms with Gasteiger partial charge in [-0.1, -0.05) is 19.3 Å². The molecule has 1 aromatic carbocycles. The summed E-state index contributed by atoms with van der Waals surface area (Å²) in [5.41, 5.74) is 13.4. The van der Waals surface area contributed by atoms with Gasteiger partial charge in [-0.25, -0.2) is 0 Å². The zero-order chi connectivity index (χ0) is 13.1. The van der Waals surface area contributed by atoms with Crippen molar-refractivity contribution in [2.75, 3.05) is 17.7 Å². The number of benzene rings is 1. The number of carbonyl (C=O) groups is 1. The molecule has 0 radical (unpaired) electrons. The number of primary amides is 1. The lowest BCUT2D eigenvalue weighted by atomic mass is 9.94. The summed E-state index contributed by atoms with van der Waals surface area (Å²) in [5.74, 6) is -0.409. The minimum Gasteiger partial charge on any atom is -0.397 e. The van der Waals surface area contributed by atoms with Crippen molar-refractivity contribution in [3.63, 3.8) is 0 Å². The second-order valence-corrected chi connectivity index (χ2v) is 5.04. The summed E-state index contributed by atoms with van der Waals surface area (Å²) >= 11 is 0. The Bertz CT molecular complexity index is 439. The van der Waals surface area contributed by atoms with E-state index >= 15 is 0 Å². The highest BCUT2D eigenvalue weighted by Crippen LogP contribution is 2.30. The largest absolute Gasteiger partial charge is 0.397 e. The summed E-state index contributed by atoms with van der Waals surface area (Å²) in [6.45, 7) is 0. The van der Waals surface area contributed by atoms with E-state index < -0.39 is 5.91 Å². The highest BCUT2D eigenvalue weighted by atomic mass is 16.1. The zero-order valence-electron chi connectivity index (χ0n) is 10.9. The fourth-order valence-corrected chi connectivity index (χ4v) is 2.67. The van der Waals surface area contributed by atoms with Gasteiger partial charge in [-0.3, -0.25) is 4.79 Å². The van der Waals surface area contributed by atoms with E-state index in [2.05, 4.69) is 4.90 Å². The van der Waals surface area contributed by atoms with Gasteiger partial charge in [0.15, 0.2) is 0 Å². The first-order chi connectivity index (χ1) is 8.59. The Morgan fingerprint density at radius 3 is 2.56 bits per heavy atom. The second kappa shape index (κ2) is 5.29. The van der Waals surface area contributed by atoms with Crippen LogP contribution in [-0.4, -0.2) is 19.0 Å². The minimum absolute atomic E-state index is 0.409. The molecule has 0 atom stereocenters. The van der Waals surface area contributed by atoms with Crippen LogP contribution >= 0.6 is 0 Å². The highest BCUT2D eigenvalue weighted by Gasteiger charge is 2.20. The standard InChI is InChI=1S/C14H21N3O/c1-17(11-5-3-2-4-6-11)13-9-10(14(16)18)7-8-12(13)15/h7-9,11H,2-6,15H2,1H3,(H2,16,18). The number of amides is 1. The molecule has 4 nitrogen and oxygen atoms in total. The van der Waals surface area contributed by atoms with E-state index in [-0.39, 0.29) is 0 Å². The molecule has 18 heavy (non-hydrogen) atoms. The molecular weight excluding hydrogens is 226 g/mol.